The predicted molar refractivity (Wildman–Crippen MR) is 37.4 cm³/mol. The van der Waals surface area contributed by atoms with Gasteiger partial charge in [0.25, 0.3) is 0 Å². The highest BCUT2D eigenvalue weighted by molar-refractivity contribution is 4.91. The van der Waals surface area contributed by atoms with Crippen LogP contribution in [-0.2, 0) is 4.74 Å². The third kappa shape index (κ3) is 1.64. The van der Waals surface area contributed by atoms with Gasteiger partial charge < -0.3 is 4.74 Å². The van der Waals surface area contributed by atoms with Crippen LogP contribution in [0.25, 0.3) is 0 Å². The number of hydroxylamine groups is 2. The quantitative estimate of drug-likeness (QED) is 0.601. The summed E-state index contributed by atoms with van der Waals surface area (Å²) in [5, 5.41) is 10.2. The Hall–Kier alpha value is -0.700. The standard InChI is InChI=1S/C7H13NO2/c1-3-7-5-8(9)4-6(2)10-7/h4,7,9H,3,5H2,1-2H3. The zero-order valence-electron chi connectivity index (χ0n) is 6.37. The molecule has 1 N–H and O–H groups in total. The van der Waals surface area contributed by atoms with Crippen LogP contribution in [-0.4, -0.2) is 22.9 Å². The molecule has 0 saturated heterocycles. The van der Waals surface area contributed by atoms with E-state index in [1.165, 1.54) is 5.06 Å². The highest BCUT2D eigenvalue weighted by Gasteiger charge is 2.15. The van der Waals surface area contributed by atoms with Crippen molar-refractivity contribution in [1.29, 1.82) is 0 Å². The van der Waals surface area contributed by atoms with E-state index in [0.29, 0.717) is 6.54 Å². The summed E-state index contributed by atoms with van der Waals surface area (Å²) in [6, 6.07) is 0. The first kappa shape index (κ1) is 7.41. The summed E-state index contributed by atoms with van der Waals surface area (Å²) in [4.78, 5) is 0. The molecule has 0 aromatic rings. The molecule has 1 aliphatic heterocycles. The minimum Gasteiger partial charge on any atom is -0.492 e. The van der Waals surface area contributed by atoms with Gasteiger partial charge in [-0.1, -0.05) is 6.92 Å². The Morgan fingerprint density at radius 2 is 2.60 bits per heavy atom. The van der Waals surface area contributed by atoms with Crippen LogP contribution in [0.2, 0.25) is 0 Å². The van der Waals surface area contributed by atoms with Crippen molar-refractivity contribution in [3.05, 3.63) is 12.0 Å². The maximum atomic E-state index is 9.06. The molecule has 0 fully saturated rings. The number of rotatable bonds is 1. The van der Waals surface area contributed by atoms with E-state index < -0.39 is 0 Å². The molecular weight excluding hydrogens is 130 g/mol. The average Bonchev–Trinajstić information content (AvgIpc) is 1.85. The highest BCUT2D eigenvalue weighted by atomic mass is 16.5. The summed E-state index contributed by atoms with van der Waals surface area (Å²) in [7, 11) is 0. The SMILES string of the molecule is CCC1CN(O)C=C(C)O1. The van der Waals surface area contributed by atoms with Gasteiger partial charge in [0.2, 0.25) is 0 Å². The van der Waals surface area contributed by atoms with Crippen molar-refractivity contribution in [2.75, 3.05) is 6.54 Å². The van der Waals surface area contributed by atoms with Crippen LogP contribution in [0, 0.1) is 0 Å². The lowest BCUT2D eigenvalue weighted by molar-refractivity contribution is -0.0973. The first-order chi connectivity index (χ1) is 4.72. The summed E-state index contributed by atoms with van der Waals surface area (Å²) in [6.45, 7) is 4.45. The van der Waals surface area contributed by atoms with Crippen LogP contribution in [0.4, 0.5) is 0 Å². The maximum Gasteiger partial charge on any atom is 0.118 e. The summed E-state index contributed by atoms with van der Waals surface area (Å²) >= 11 is 0. The lowest BCUT2D eigenvalue weighted by Gasteiger charge is -2.27. The molecule has 3 nitrogen and oxygen atoms in total. The van der Waals surface area contributed by atoms with Crippen molar-refractivity contribution in [2.45, 2.75) is 26.4 Å². The summed E-state index contributed by atoms with van der Waals surface area (Å²) in [5.74, 6) is 0.778. The molecule has 0 radical (unpaired) electrons. The lowest BCUT2D eigenvalue weighted by atomic mass is 10.2. The molecule has 1 unspecified atom stereocenters. The Morgan fingerprint density at radius 3 is 3.10 bits per heavy atom. The molecule has 0 saturated carbocycles. The molecule has 0 aromatic carbocycles. The van der Waals surface area contributed by atoms with Gasteiger partial charge in [0.15, 0.2) is 0 Å². The normalized spacial score (nSPS) is 25.7. The smallest absolute Gasteiger partial charge is 0.118 e. The molecule has 1 rings (SSSR count). The third-order valence-electron chi connectivity index (χ3n) is 1.53. The number of hydrogen-bond donors (Lipinski definition) is 1. The van der Waals surface area contributed by atoms with Crippen LogP contribution < -0.4 is 0 Å². The van der Waals surface area contributed by atoms with Crippen LogP contribution in [0.1, 0.15) is 20.3 Å². The molecule has 0 aliphatic carbocycles. The second-order valence-corrected chi connectivity index (χ2v) is 2.51. The molecule has 3 heteroatoms. The molecular formula is C7H13NO2. The van der Waals surface area contributed by atoms with Gasteiger partial charge in [-0.15, -0.1) is 0 Å². The number of ether oxygens (including phenoxy) is 1. The van der Waals surface area contributed by atoms with Crippen LogP contribution in [0.3, 0.4) is 0 Å². The van der Waals surface area contributed by atoms with E-state index in [9.17, 15) is 0 Å². The predicted octanol–water partition coefficient (Wildman–Crippen LogP) is 1.35. The van der Waals surface area contributed by atoms with E-state index in [0.717, 1.165) is 12.2 Å². The molecule has 0 spiro atoms. The fourth-order valence-corrected chi connectivity index (χ4v) is 1.01. The van der Waals surface area contributed by atoms with Crippen molar-refractivity contribution >= 4 is 0 Å². The van der Waals surface area contributed by atoms with Crippen LogP contribution >= 0.6 is 0 Å². The van der Waals surface area contributed by atoms with Gasteiger partial charge in [0.05, 0.1) is 12.7 Å². The Morgan fingerprint density at radius 1 is 1.90 bits per heavy atom. The van der Waals surface area contributed by atoms with Crippen LogP contribution in [0.5, 0.6) is 0 Å². The highest BCUT2D eigenvalue weighted by Crippen LogP contribution is 2.12. The van der Waals surface area contributed by atoms with Gasteiger partial charge >= 0.3 is 0 Å². The Kier molecular flexibility index (Phi) is 2.17. The Bertz CT molecular complexity index is 145. The van der Waals surface area contributed by atoms with Crippen molar-refractivity contribution in [1.82, 2.24) is 5.06 Å². The Labute approximate surface area is 60.9 Å². The minimum atomic E-state index is 0.148. The van der Waals surface area contributed by atoms with E-state index in [4.69, 9.17) is 9.94 Å². The molecule has 0 aromatic heterocycles. The van der Waals surface area contributed by atoms with Gasteiger partial charge in [-0.3, -0.25) is 10.3 Å². The van der Waals surface area contributed by atoms with E-state index in [-0.39, 0.29) is 6.10 Å². The van der Waals surface area contributed by atoms with Gasteiger partial charge in [0.1, 0.15) is 11.9 Å². The second kappa shape index (κ2) is 2.92. The summed E-state index contributed by atoms with van der Waals surface area (Å²) in [6.07, 6.45) is 2.67. The van der Waals surface area contributed by atoms with Crippen molar-refractivity contribution in [3.8, 4) is 0 Å². The minimum absolute atomic E-state index is 0.148. The Balaban J connectivity index is 2.52. The van der Waals surface area contributed by atoms with E-state index in [1.54, 1.807) is 6.20 Å². The molecule has 10 heavy (non-hydrogen) atoms. The van der Waals surface area contributed by atoms with Crippen molar-refractivity contribution < 1.29 is 9.94 Å². The van der Waals surface area contributed by atoms with Crippen LogP contribution in [0.15, 0.2) is 12.0 Å². The van der Waals surface area contributed by atoms with E-state index in [1.807, 2.05) is 13.8 Å². The molecule has 1 atom stereocenters. The van der Waals surface area contributed by atoms with E-state index >= 15 is 0 Å². The van der Waals surface area contributed by atoms with E-state index in [2.05, 4.69) is 0 Å². The maximum absolute atomic E-state index is 9.06. The zero-order chi connectivity index (χ0) is 7.56. The van der Waals surface area contributed by atoms with Crippen molar-refractivity contribution in [2.24, 2.45) is 0 Å². The molecule has 58 valence electrons. The summed E-state index contributed by atoms with van der Waals surface area (Å²) < 4.78 is 5.37. The first-order valence-electron chi connectivity index (χ1n) is 3.53. The van der Waals surface area contributed by atoms with Gasteiger partial charge in [-0.25, -0.2) is 0 Å². The molecule has 1 aliphatic rings. The lowest BCUT2D eigenvalue weighted by Crippen LogP contribution is -2.31. The monoisotopic (exact) mass is 143 g/mol. The molecule has 0 amide bonds. The molecule has 1 heterocycles. The number of hydrogen-bond acceptors (Lipinski definition) is 3. The largest absolute Gasteiger partial charge is 0.492 e. The fraction of sp³-hybridized carbons (Fsp3) is 0.714. The number of allylic oxidation sites excluding steroid dienone is 1. The zero-order valence-corrected chi connectivity index (χ0v) is 6.37. The van der Waals surface area contributed by atoms with Gasteiger partial charge in [-0.2, -0.15) is 0 Å². The number of nitrogens with zero attached hydrogens (tertiary/aromatic N) is 1. The fourth-order valence-electron chi connectivity index (χ4n) is 1.01. The first-order valence-corrected chi connectivity index (χ1v) is 3.53. The average molecular weight is 143 g/mol. The van der Waals surface area contributed by atoms with Crippen molar-refractivity contribution in [3.63, 3.8) is 0 Å². The third-order valence-corrected chi connectivity index (χ3v) is 1.53. The molecule has 0 bridgehead atoms. The summed E-state index contributed by atoms with van der Waals surface area (Å²) in [5.41, 5.74) is 0. The topological polar surface area (TPSA) is 32.7 Å². The van der Waals surface area contributed by atoms with Gasteiger partial charge in [0, 0.05) is 0 Å². The van der Waals surface area contributed by atoms with Gasteiger partial charge in [-0.05, 0) is 13.3 Å². The second-order valence-electron chi connectivity index (χ2n) is 2.51.